The van der Waals surface area contributed by atoms with Crippen LogP contribution in [0.4, 0.5) is 0 Å². The van der Waals surface area contributed by atoms with Crippen molar-refractivity contribution in [3.8, 4) is 11.4 Å². The summed E-state index contributed by atoms with van der Waals surface area (Å²) in [6.45, 7) is 13.9. The molecule has 0 radical (unpaired) electrons. The molecule has 0 amide bonds. The van der Waals surface area contributed by atoms with Gasteiger partial charge in [0.1, 0.15) is 12.4 Å². The average Bonchev–Trinajstić information content (AvgIpc) is 2.98. The van der Waals surface area contributed by atoms with E-state index in [1.54, 1.807) is 6.20 Å². The van der Waals surface area contributed by atoms with E-state index in [9.17, 15) is 0 Å². The van der Waals surface area contributed by atoms with Crippen LogP contribution < -0.4 is 4.74 Å². The number of halogens is 2. The van der Waals surface area contributed by atoms with Crippen LogP contribution in [-0.2, 0) is 4.43 Å². The van der Waals surface area contributed by atoms with Crippen LogP contribution >= 0.6 is 38.5 Å². The van der Waals surface area contributed by atoms with Gasteiger partial charge in [0.15, 0.2) is 8.32 Å². The van der Waals surface area contributed by atoms with Gasteiger partial charge in [-0.15, -0.1) is 0 Å². The third-order valence-corrected chi connectivity index (χ3v) is 10.6. The van der Waals surface area contributed by atoms with Crippen molar-refractivity contribution in [1.82, 2.24) is 9.78 Å². The number of nitrogens with zero attached hydrogens (tertiary/aromatic N) is 2. The molecule has 1 heterocycles. The molecule has 0 saturated carbocycles. The van der Waals surface area contributed by atoms with Gasteiger partial charge in [-0.25, -0.2) is 4.68 Å². The molecule has 1 aromatic carbocycles. The molecule has 0 spiro atoms. The summed E-state index contributed by atoms with van der Waals surface area (Å²) in [5.41, 5.74) is 1.00. The zero-order valence-corrected chi connectivity index (χ0v) is 20.4. The minimum absolute atomic E-state index is 0.0419. The van der Waals surface area contributed by atoms with E-state index in [1.807, 2.05) is 29.1 Å². The summed E-state index contributed by atoms with van der Waals surface area (Å²) in [5.74, 6) is 0.802. The molecule has 0 aliphatic carbocycles. The molecule has 0 fully saturated rings. The lowest BCUT2D eigenvalue weighted by Gasteiger charge is -2.38. The third kappa shape index (κ3) is 5.30. The number of hydrogen-bond acceptors (Lipinski definition) is 3. The highest BCUT2D eigenvalue weighted by Crippen LogP contribution is 2.37. The van der Waals surface area contributed by atoms with Gasteiger partial charge in [0, 0.05) is 22.0 Å². The summed E-state index contributed by atoms with van der Waals surface area (Å²) in [7, 11) is -1.79. The lowest BCUT2D eigenvalue weighted by atomic mass is 10.2. The maximum absolute atomic E-state index is 6.37. The van der Waals surface area contributed by atoms with Crippen LogP contribution in [0, 0.1) is 3.57 Å². The fraction of sp³-hybridized carbons (Fsp3) is 0.500. The van der Waals surface area contributed by atoms with Gasteiger partial charge in [0.05, 0.1) is 16.3 Å². The van der Waals surface area contributed by atoms with E-state index in [0.29, 0.717) is 6.61 Å². The van der Waals surface area contributed by atoms with Crippen molar-refractivity contribution in [2.75, 3.05) is 6.61 Å². The van der Waals surface area contributed by atoms with Crippen LogP contribution in [0.5, 0.6) is 5.75 Å². The zero-order valence-electron chi connectivity index (χ0n) is 15.6. The maximum Gasteiger partial charge on any atom is 0.192 e. The van der Waals surface area contributed by atoms with E-state index in [0.717, 1.165) is 19.5 Å². The minimum atomic E-state index is -1.79. The quantitative estimate of drug-likeness (QED) is 0.334. The summed E-state index contributed by atoms with van der Waals surface area (Å²) in [5, 5.41) is 4.50. The maximum atomic E-state index is 6.37. The molecule has 138 valence electrons. The molecule has 1 aromatic heterocycles. The highest BCUT2D eigenvalue weighted by atomic mass is 127. The van der Waals surface area contributed by atoms with Gasteiger partial charge in [-0.1, -0.05) is 20.8 Å². The Kier molecular flexibility index (Phi) is 6.78. The Morgan fingerprint density at radius 1 is 1.32 bits per heavy atom. The predicted octanol–water partition coefficient (Wildman–Crippen LogP) is 6.03. The molecular weight excluding hydrogens is 511 g/mol. The molecule has 1 unspecified atom stereocenters. The Hall–Kier alpha value is -0.383. The van der Waals surface area contributed by atoms with Crippen molar-refractivity contribution in [3.63, 3.8) is 0 Å². The summed E-state index contributed by atoms with van der Waals surface area (Å²) < 4.78 is 16.3. The molecule has 0 aliphatic rings. The van der Waals surface area contributed by atoms with Gasteiger partial charge in [0.2, 0.25) is 0 Å². The fourth-order valence-electron chi connectivity index (χ4n) is 2.14. The largest absolute Gasteiger partial charge is 0.490 e. The molecular formula is C18H26BrIN2O2Si. The Labute approximate surface area is 173 Å². The van der Waals surface area contributed by atoms with Crippen molar-refractivity contribution in [1.29, 1.82) is 0 Å². The van der Waals surface area contributed by atoms with Crippen LogP contribution in [0.25, 0.3) is 5.69 Å². The van der Waals surface area contributed by atoms with Gasteiger partial charge >= 0.3 is 0 Å². The van der Waals surface area contributed by atoms with Crippen molar-refractivity contribution in [2.24, 2.45) is 0 Å². The molecule has 0 saturated heterocycles. The molecule has 0 aliphatic heterocycles. The Balaban J connectivity index is 2.09. The lowest BCUT2D eigenvalue weighted by Crippen LogP contribution is -2.44. The summed E-state index contributed by atoms with van der Waals surface area (Å²) in [6.07, 6.45) is 3.74. The van der Waals surface area contributed by atoms with Crippen LogP contribution in [0.2, 0.25) is 18.1 Å². The third-order valence-electron chi connectivity index (χ3n) is 4.53. The van der Waals surface area contributed by atoms with E-state index >= 15 is 0 Å². The van der Waals surface area contributed by atoms with E-state index in [2.05, 4.69) is 84.4 Å². The van der Waals surface area contributed by atoms with Crippen LogP contribution in [0.15, 0.2) is 35.1 Å². The van der Waals surface area contributed by atoms with E-state index < -0.39 is 8.32 Å². The first-order valence-electron chi connectivity index (χ1n) is 8.31. The van der Waals surface area contributed by atoms with Gasteiger partial charge in [-0.05, 0) is 75.7 Å². The molecule has 0 N–H and O–H groups in total. The Morgan fingerprint density at radius 2 is 2.00 bits per heavy atom. The SMILES string of the molecule is CC(COc1cc(-n2cccn2)c(I)cc1Br)O[Si](C)(C)C(C)(C)C. The van der Waals surface area contributed by atoms with Crippen LogP contribution in [-0.4, -0.2) is 30.8 Å². The Bertz CT molecular complexity index is 715. The molecule has 2 rings (SSSR count). The van der Waals surface area contributed by atoms with Gasteiger partial charge in [-0.2, -0.15) is 5.10 Å². The monoisotopic (exact) mass is 536 g/mol. The number of rotatable bonds is 6. The highest BCUT2D eigenvalue weighted by Gasteiger charge is 2.38. The number of benzene rings is 1. The average molecular weight is 537 g/mol. The predicted molar refractivity (Wildman–Crippen MR) is 117 cm³/mol. The molecule has 0 bridgehead atoms. The minimum Gasteiger partial charge on any atom is -0.490 e. The Morgan fingerprint density at radius 3 is 2.56 bits per heavy atom. The van der Waals surface area contributed by atoms with Gasteiger partial charge in [0.25, 0.3) is 0 Å². The normalized spacial score (nSPS) is 13.8. The second-order valence-corrected chi connectivity index (χ2v) is 14.5. The van der Waals surface area contributed by atoms with E-state index in [4.69, 9.17) is 9.16 Å². The van der Waals surface area contributed by atoms with E-state index in [-0.39, 0.29) is 11.1 Å². The second kappa shape index (κ2) is 8.10. The molecule has 2 aromatic rings. The van der Waals surface area contributed by atoms with Gasteiger partial charge < -0.3 is 9.16 Å². The molecule has 1 atom stereocenters. The van der Waals surface area contributed by atoms with Crippen molar-refractivity contribution < 1.29 is 9.16 Å². The number of ether oxygens (including phenoxy) is 1. The number of hydrogen-bond donors (Lipinski definition) is 0. The highest BCUT2D eigenvalue weighted by molar-refractivity contribution is 14.1. The number of aromatic nitrogens is 2. The second-order valence-electron chi connectivity index (χ2n) is 7.68. The summed E-state index contributed by atoms with van der Waals surface area (Å²) in [6, 6.07) is 5.97. The molecule has 7 heteroatoms. The topological polar surface area (TPSA) is 36.3 Å². The van der Waals surface area contributed by atoms with Crippen LogP contribution in [0.1, 0.15) is 27.7 Å². The fourth-order valence-corrected chi connectivity index (χ4v) is 5.16. The van der Waals surface area contributed by atoms with Crippen molar-refractivity contribution >= 4 is 46.8 Å². The summed E-state index contributed by atoms with van der Waals surface area (Å²) in [4.78, 5) is 0. The van der Waals surface area contributed by atoms with Gasteiger partial charge in [-0.3, -0.25) is 0 Å². The zero-order chi connectivity index (χ0) is 18.8. The standard InChI is InChI=1S/C18H26BrIN2O2Si/c1-13(24-25(5,6)18(2,3)4)12-23-17-11-16(15(20)10-14(17)19)22-9-7-8-21-22/h7-11,13H,12H2,1-6H3. The lowest BCUT2D eigenvalue weighted by molar-refractivity contribution is 0.129. The first-order chi connectivity index (χ1) is 11.5. The van der Waals surface area contributed by atoms with E-state index in [1.165, 1.54) is 0 Å². The summed E-state index contributed by atoms with van der Waals surface area (Å²) >= 11 is 5.90. The van der Waals surface area contributed by atoms with Crippen LogP contribution in [0.3, 0.4) is 0 Å². The first-order valence-corrected chi connectivity index (χ1v) is 13.1. The molecule has 4 nitrogen and oxygen atoms in total. The van der Waals surface area contributed by atoms with Crippen molar-refractivity contribution in [2.45, 2.75) is 51.9 Å². The van der Waals surface area contributed by atoms with Crippen molar-refractivity contribution in [3.05, 3.63) is 38.6 Å². The smallest absolute Gasteiger partial charge is 0.192 e. The first kappa shape index (κ1) is 20.9. The molecule has 25 heavy (non-hydrogen) atoms.